The van der Waals surface area contributed by atoms with Crippen molar-refractivity contribution in [3.63, 3.8) is 0 Å². The van der Waals surface area contributed by atoms with Gasteiger partial charge in [-0.15, -0.1) is 0 Å². The van der Waals surface area contributed by atoms with Gasteiger partial charge in [0.2, 0.25) is 11.8 Å². The molecule has 1 heterocycles. The van der Waals surface area contributed by atoms with Crippen LogP contribution in [0, 0.1) is 11.3 Å². The molecule has 0 aromatic heterocycles. The lowest BCUT2D eigenvalue weighted by Gasteiger charge is -2.22. The quantitative estimate of drug-likeness (QED) is 0.818. The number of benzene rings is 2. The highest BCUT2D eigenvalue weighted by atomic mass is 16.2. The van der Waals surface area contributed by atoms with Crippen LogP contribution in [0.25, 0.3) is 0 Å². The molecule has 2 aromatic rings. The molecule has 150 valence electrons. The fourth-order valence-corrected chi connectivity index (χ4v) is 3.45. The Balaban J connectivity index is 1.42. The number of nitrogens with one attached hydrogen (secondary N) is 1. The highest BCUT2D eigenvalue weighted by molar-refractivity contribution is 5.85. The fraction of sp³-hybridized carbons (Fsp3) is 0.348. The molecular weight excluding hydrogens is 364 g/mol. The molecule has 0 bridgehead atoms. The van der Waals surface area contributed by atoms with Crippen LogP contribution in [-0.2, 0) is 22.6 Å². The van der Waals surface area contributed by atoms with Crippen LogP contribution in [0.4, 0.5) is 0 Å². The molecule has 1 aliphatic rings. The summed E-state index contributed by atoms with van der Waals surface area (Å²) in [5, 5.41) is 11.6. The maximum Gasteiger partial charge on any atom is 0.242 e. The number of hydrogen-bond donors (Lipinski definition) is 1. The molecule has 2 amide bonds. The van der Waals surface area contributed by atoms with Gasteiger partial charge >= 0.3 is 0 Å². The zero-order chi connectivity index (χ0) is 20.5. The van der Waals surface area contributed by atoms with Gasteiger partial charge in [0.15, 0.2) is 0 Å². The van der Waals surface area contributed by atoms with Crippen molar-refractivity contribution in [3.8, 4) is 6.07 Å². The molecule has 0 saturated carbocycles. The van der Waals surface area contributed by atoms with Crippen molar-refractivity contribution in [1.82, 2.24) is 15.1 Å². The first kappa shape index (κ1) is 20.6. The Morgan fingerprint density at radius 2 is 1.69 bits per heavy atom. The molecule has 0 radical (unpaired) electrons. The van der Waals surface area contributed by atoms with E-state index in [4.69, 9.17) is 5.26 Å². The van der Waals surface area contributed by atoms with Crippen LogP contribution in [0.5, 0.6) is 0 Å². The zero-order valence-electron chi connectivity index (χ0n) is 16.5. The predicted molar refractivity (Wildman–Crippen MR) is 111 cm³/mol. The van der Waals surface area contributed by atoms with Crippen molar-refractivity contribution in [3.05, 3.63) is 71.3 Å². The Bertz CT molecular complexity index is 859. The van der Waals surface area contributed by atoms with Gasteiger partial charge in [0.05, 0.1) is 24.6 Å². The summed E-state index contributed by atoms with van der Waals surface area (Å²) in [6.07, 6.45) is 1.19. The number of hydrogen-bond acceptors (Lipinski definition) is 4. The average molecular weight is 390 g/mol. The van der Waals surface area contributed by atoms with Crippen LogP contribution in [0.2, 0.25) is 0 Å². The van der Waals surface area contributed by atoms with Crippen molar-refractivity contribution in [2.45, 2.75) is 19.4 Å². The third kappa shape index (κ3) is 6.44. The number of amides is 2. The fourth-order valence-electron chi connectivity index (χ4n) is 3.45. The van der Waals surface area contributed by atoms with E-state index in [9.17, 15) is 9.59 Å². The maximum absolute atomic E-state index is 12.5. The Labute approximate surface area is 171 Å². The number of carbonyl (C=O) groups is 2. The summed E-state index contributed by atoms with van der Waals surface area (Å²) in [6, 6.07) is 19.3. The van der Waals surface area contributed by atoms with E-state index in [1.54, 1.807) is 0 Å². The minimum atomic E-state index is -0.137. The number of nitrogens with zero attached hydrogens (tertiary/aromatic N) is 3. The second-order valence-electron chi connectivity index (χ2n) is 7.26. The Hall–Kier alpha value is -3.17. The van der Waals surface area contributed by atoms with Crippen LogP contribution in [-0.4, -0.2) is 54.3 Å². The Morgan fingerprint density at radius 1 is 0.931 bits per heavy atom. The number of nitriles is 1. The minimum absolute atomic E-state index is 0.0355. The summed E-state index contributed by atoms with van der Waals surface area (Å²) in [5.41, 5.74) is 2.76. The summed E-state index contributed by atoms with van der Waals surface area (Å²) < 4.78 is 0. The van der Waals surface area contributed by atoms with Crippen LogP contribution in [0.15, 0.2) is 54.6 Å². The van der Waals surface area contributed by atoms with Crippen molar-refractivity contribution in [2.75, 3.05) is 32.7 Å². The molecule has 1 N–H and O–H groups in total. The molecule has 0 spiro atoms. The molecule has 2 aromatic carbocycles. The van der Waals surface area contributed by atoms with E-state index >= 15 is 0 Å². The van der Waals surface area contributed by atoms with Gasteiger partial charge in [0.1, 0.15) is 0 Å². The monoisotopic (exact) mass is 390 g/mol. The molecule has 29 heavy (non-hydrogen) atoms. The number of rotatable bonds is 6. The molecule has 1 saturated heterocycles. The number of carbonyl (C=O) groups excluding carboxylic acids is 2. The second-order valence-corrected chi connectivity index (χ2v) is 7.26. The van der Waals surface area contributed by atoms with Gasteiger partial charge in [-0.3, -0.25) is 14.5 Å². The lowest BCUT2D eigenvalue weighted by atomic mass is 10.1. The largest absolute Gasteiger partial charge is 0.347 e. The first-order valence-corrected chi connectivity index (χ1v) is 9.94. The van der Waals surface area contributed by atoms with Gasteiger partial charge in [-0.05, 0) is 29.7 Å². The topological polar surface area (TPSA) is 76.4 Å². The highest BCUT2D eigenvalue weighted by Gasteiger charge is 2.19. The SMILES string of the molecule is N#Cc1ccc(CN2CCCN(C(=O)CNC(=O)Cc3ccccc3)CC2)cc1. The van der Waals surface area contributed by atoms with Crippen molar-refractivity contribution < 1.29 is 9.59 Å². The van der Waals surface area contributed by atoms with E-state index in [1.807, 2.05) is 59.5 Å². The second kappa shape index (κ2) is 10.4. The molecule has 0 atom stereocenters. The van der Waals surface area contributed by atoms with Gasteiger partial charge in [-0.1, -0.05) is 42.5 Å². The summed E-state index contributed by atoms with van der Waals surface area (Å²) >= 11 is 0. The van der Waals surface area contributed by atoms with Gasteiger partial charge in [0.25, 0.3) is 0 Å². The van der Waals surface area contributed by atoms with E-state index in [-0.39, 0.29) is 24.8 Å². The zero-order valence-corrected chi connectivity index (χ0v) is 16.5. The van der Waals surface area contributed by atoms with Gasteiger partial charge in [-0.25, -0.2) is 0 Å². The molecule has 0 unspecified atom stereocenters. The summed E-state index contributed by atoms with van der Waals surface area (Å²) in [4.78, 5) is 28.7. The van der Waals surface area contributed by atoms with Crippen LogP contribution in [0.1, 0.15) is 23.1 Å². The molecule has 6 heteroatoms. The third-order valence-corrected chi connectivity index (χ3v) is 5.07. The van der Waals surface area contributed by atoms with Crippen LogP contribution in [0.3, 0.4) is 0 Å². The summed E-state index contributed by atoms with van der Waals surface area (Å²) in [5.74, 6) is -0.173. The maximum atomic E-state index is 12.5. The lowest BCUT2D eigenvalue weighted by molar-refractivity contribution is -0.132. The van der Waals surface area contributed by atoms with E-state index in [0.717, 1.165) is 37.2 Å². The molecule has 1 fully saturated rings. The van der Waals surface area contributed by atoms with Gasteiger partial charge < -0.3 is 10.2 Å². The van der Waals surface area contributed by atoms with E-state index < -0.39 is 0 Å². The van der Waals surface area contributed by atoms with Gasteiger partial charge in [0, 0.05) is 32.7 Å². The predicted octanol–water partition coefficient (Wildman–Crippen LogP) is 1.95. The van der Waals surface area contributed by atoms with E-state index in [1.165, 1.54) is 0 Å². The molecular formula is C23H26N4O2. The van der Waals surface area contributed by atoms with E-state index in [2.05, 4.69) is 16.3 Å². The third-order valence-electron chi connectivity index (χ3n) is 5.07. The minimum Gasteiger partial charge on any atom is -0.347 e. The van der Waals surface area contributed by atoms with Crippen molar-refractivity contribution in [2.24, 2.45) is 0 Å². The molecule has 1 aliphatic heterocycles. The van der Waals surface area contributed by atoms with Crippen LogP contribution >= 0.6 is 0 Å². The Kier molecular flexibility index (Phi) is 7.37. The Morgan fingerprint density at radius 3 is 2.41 bits per heavy atom. The van der Waals surface area contributed by atoms with Crippen molar-refractivity contribution in [1.29, 1.82) is 5.26 Å². The van der Waals surface area contributed by atoms with Crippen molar-refractivity contribution >= 4 is 11.8 Å². The highest BCUT2D eigenvalue weighted by Crippen LogP contribution is 2.10. The molecule has 0 aliphatic carbocycles. The average Bonchev–Trinajstić information content (AvgIpc) is 2.99. The lowest BCUT2D eigenvalue weighted by Crippen LogP contribution is -2.42. The van der Waals surface area contributed by atoms with Crippen LogP contribution < -0.4 is 5.32 Å². The van der Waals surface area contributed by atoms with Gasteiger partial charge in [-0.2, -0.15) is 5.26 Å². The molecule has 3 rings (SSSR count). The van der Waals surface area contributed by atoms with E-state index in [0.29, 0.717) is 18.7 Å². The smallest absolute Gasteiger partial charge is 0.242 e. The standard InChI is InChI=1S/C23H26N4O2/c24-16-20-7-9-21(10-8-20)18-26-11-4-12-27(14-13-26)23(29)17-25-22(28)15-19-5-2-1-3-6-19/h1-3,5-10H,4,11-15,17-18H2,(H,25,28). The summed E-state index contributed by atoms with van der Waals surface area (Å²) in [6.45, 7) is 3.93. The first-order valence-electron chi connectivity index (χ1n) is 9.94. The summed E-state index contributed by atoms with van der Waals surface area (Å²) in [7, 11) is 0. The normalized spacial score (nSPS) is 14.7. The molecule has 6 nitrogen and oxygen atoms in total. The first-order chi connectivity index (χ1) is 14.1.